The van der Waals surface area contributed by atoms with Crippen molar-refractivity contribution in [1.82, 2.24) is 5.32 Å². The lowest BCUT2D eigenvalue weighted by atomic mass is 9.87. The number of hydrogen-bond donors (Lipinski definition) is 2. The molecule has 3 aromatic rings. The number of β-lactam (4-membered cyclic amide) rings is 1. The summed E-state index contributed by atoms with van der Waals surface area (Å²) in [6.07, 6.45) is 0. The van der Waals surface area contributed by atoms with Crippen LogP contribution in [0.4, 0.5) is 10.1 Å². The molecule has 28 heavy (non-hydrogen) atoms. The number of carbonyl (C=O) groups excluding carboxylic acids is 2. The van der Waals surface area contributed by atoms with Gasteiger partial charge in [0, 0.05) is 11.3 Å². The highest BCUT2D eigenvalue weighted by Gasteiger charge is 2.49. The molecule has 1 aliphatic rings. The lowest BCUT2D eigenvalue weighted by Gasteiger charge is -2.47. The van der Waals surface area contributed by atoms with Crippen LogP contribution in [0.1, 0.15) is 22.0 Å². The molecule has 0 spiro atoms. The highest BCUT2D eigenvalue weighted by Crippen LogP contribution is 2.39. The van der Waals surface area contributed by atoms with E-state index in [0.29, 0.717) is 11.3 Å². The van der Waals surface area contributed by atoms with Gasteiger partial charge in [-0.15, -0.1) is 0 Å². The van der Waals surface area contributed by atoms with Crippen LogP contribution in [-0.2, 0) is 4.79 Å². The molecule has 1 fully saturated rings. The third-order valence-corrected chi connectivity index (χ3v) is 4.76. The van der Waals surface area contributed by atoms with E-state index >= 15 is 0 Å². The first-order valence-electron chi connectivity index (χ1n) is 8.78. The zero-order chi connectivity index (χ0) is 19.7. The molecule has 2 amide bonds. The second kappa shape index (κ2) is 7.15. The van der Waals surface area contributed by atoms with E-state index in [2.05, 4.69) is 5.32 Å². The topological polar surface area (TPSA) is 69.6 Å². The fraction of sp³-hybridized carbons (Fsp3) is 0.0909. The Kier molecular flexibility index (Phi) is 4.53. The molecule has 1 heterocycles. The molecule has 1 saturated heterocycles. The number of anilines is 1. The van der Waals surface area contributed by atoms with Crippen molar-refractivity contribution in [2.45, 2.75) is 12.1 Å². The van der Waals surface area contributed by atoms with Crippen LogP contribution in [0, 0.1) is 5.82 Å². The first-order chi connectivity index (χ1) is 13.5. The van der Waals surface area contributed by atoms with E-state index in [1.807, 2.05) is 0 Å². The molecule has 0 aromatic heterocycles. The first kappa shape index (κ1) is 17.7. The first-order valence-corrected chi connectivity index (χ1v) is 8.78. The highest BCUT2D eigenvalue weighted by atomic mass is 19.1. The van der Waals surface area contributed by atoms with Crippen molar-refractivity contribution < 1.29 is 19.1 Å². The zero-order valence-electron chi connectivity index (χ0n) is 14.7. The number of benzene rings is 3. The van der Waals surface area contributed by atoms with Gasteiger partial charge >= 0.3 is 0 Å². The van der Waals surface area contributed by atoms with Crippen molar-refractivity contribution in [3.05, 3.63) is 95.8 Å². The number of rotatable bonds is 4. The normalized spacial score (nSPS) is 18.5. The van der Waals surface area contributed by atoms with Gasteiger partial charge in [-0.25, -0.2) is 4.39 Å². The molecule has 2 N–H and O–H groups in total. The highest BCUT2D eigenvalue weighted by molar-refractivity contribution is 6.09. The predicted molar refractivity (Wildman–Crippen MR) is 102 cm³/mol. The maximum Gasteiger partial charge on any atom is 0.252 e. The van der Waals surface area contributed by atoms with Crippen LogP contribution in [0.5, 0.6) is 5.75 Å². The van der Waals surface area contributed by atoms with E-state index in [4.69, 9.17) is 0 Å². The largest absolute Gasteiger partial charge is 0.508 e. The summed E-state index contributed by atoms with van der Waals surface area (Å²) >= 11 is 0. The van der Waals surface area contributed by atoms with E-state index in [0.717, 1.165) is 5.56 Å². The van der Waals surface area contributed by atoms with Crippen molar-refractivity contribution in [1.29, 1.82) is 0 Å². The van der Waals surface area contributed by atoms with E-state index in [1.165, 1.54) is 41.3 Å². The molecule has 0 unspecified atom stereocenters. The SMILES string of the molecule is O=C(N[C@H]1C(=O)N(c2ccc(F)cc2)[C@H]1c1ccc(O)cc1)c1ccccc1. The van der Waals surface area contributed by atoms with Gasteiger partial charge in [0.05, 0.1) is 6.04 Å². The summed E-state index contributed by atoms with van der Waals surface area (Å²) in [5, 5.41) is 12.4. The summed E-state index contributed by atoms with van der Waals surface area (Å²) in [5.41, 5.74) is 1.75. The van der Waals surface area contributed by atoms with E-state index in [1.54, 1.807) is 42.5 Å². The lowest BCUT2D eigenvalue weighted by molar-refractivity contribution is -0.127. The number of amides is 2. The second-order valence-corrected chi connectivity index (χ2v) is 6.54. The van der Waals surface area contributed by atoms with Crippen molar-refractivity contribution in [2.24, 2.45) is 0 Å². The smallest absolute Gasteiger partial charge is 0.252 e. The van der Waals surface area contributed by atoms with Crippen molar-refractivity contribution >= 4 is 17.5 Å². The van der Waals surface area contributed by atoms with Gasteiger partial charge in [0.1, 0.15) is 17.6 Å². The monoisotopic (exact) mass is 376 g/mol. The fourth-order valence-electron chi connectivity index (χ4n) is 3.35. The Morgan fingerprint density at radius 3 is 2.21 bits per heavy atom. The van der Waals surface area contributed by atoms with Gasteiger partial charge < -0.3 is 15.3 Å². The number of hydrogen-bond acceptors (Lipinski definition) is 3. The molecular formula is C22H17FN2O3. The van der Waals surface area contributed by atoms with E-state index < -0.39 is 17.9 Å². The summed E-state index contributed by atoms with van der Waals surface area (Å²) in [7, 11) is 0. The minimum atomic E-state index is -0.762. The molecule has 0 aliphatic carbocycles. The number of halogens is 1. The average molecular weight is 376 g/mol. The van der Waals surface area contributed by atoms with E-state index in [9.17, 15) is 19.1 Å². The van der Waals surface area contributed by atoms with Crippen molar-refractivity contribution in [3.8, 4) is 5.75 Å². The number of aromatic hydroxyl groups is 1. The van der Waals surface area contributed by atoms with Crippen LogP contribution in [0.25, 0.3) is 0 Å². The average Bonchev–Trinajstić information content (AvgIpc) is 2.72. The minimum absolute atomic E-state index is 0.104. The fourth-order valence-corrected chi connectivity index (χ4v) is 3.35. The molecule has 2 atom stereocenters. The van der Waals surface area contributed by atoms with Crippen molar-refractivity contribution in [2.75, 3.05) is 4.90 Å². The standard InChI is InChI=1S/C22H17FN2O3/c23-16-8-10-17(11-9-16)25-20(14-6-12-18(26)13-7-14)19(22(25)28)24-21(27)15-4-2-1-3-5-15/h1-13,19-20,26H,(H,24,27)/t19-,20+/m1/s1. The number of phenols is 1. The van der Waals surface area contributed by atoms with Gasteiger partial charge in [0.25, 0.3) is 11.8 Å². The molecule has 6 heteroatoms. The molecule has 140 valence electrons. The maximum absolute atomic E-state index is 13.3. The van der Waals surface area contributed by atoms with Crippen LogP contribution >= 0.6 is 0 Å². The van der Waals surface area contributed by atoms with E-state index in [-0.39, 0.29) is 17.6 Å². The van der Waals surface area contributed by atoms with Gasteiger partial charge in [0.2, 0.25) is 0 Å². The number of carbonyl (C=O) groups is 2. The van der Waals surface area contributed by atoms with Crippen LogP contribution in [-0.4, -0.2) is 23.0 Å². The van der Waals surface area contributed by atoms with Crippen molar-refractivity contribution in [3.63, 3.8) is 0 Å². The summed E-state index contributed by atoms with van der Waals surface area (Å²) in [6.45, 7) is 0. The van der Waals surface area contributed by atoms with Crippen LogP contribution < -0.4 is 10.2 Å². The number of phenolic OH excluding ortho intramolecular Hbond substituents is 1. The Bertz CT molecular complexity index is 1000. The Labute approximate surface area is 161 Å². The number of nitrogens with zero attached hydrogens (tertiary/aromatic N) is 1. The summed E-state index contributed by atoms with van der Waals surface area (Å²) in [4.78, 5) is 26.9. The quantitative estimate of drug-likeness (QED) is 0.686. The molecule has 0 radical (unpaired) electrons. The summed E-state index contributed by atoms with van der Waals surface area (Å²) < 4.78 is 13.3. The molecule has 4 rings (SSSR count). The molecule has 5 nitrogen and oxygen atoms in total. The molecule has 0 bridgehead atoms. The van der Waals surface area contributed by atoms with Gasteiger partial charge in [-0.05, 0) is 54.1 Å². The molecular weight excluding hydrogens is 359 g/mol. The predicted octanol–water partition coefficient (Wildman–Crippen LogP) is 3.42. The number of nitrogens with one attached hydrogen (secondary N) is 1. The van der Waals surface area contributed by atoms with Gasteiger partial charge in [0.15, 0.2) is 0 Å². The maximum atomic E-state index is 13.3. The second-order valence-electron chi connectivity index (χ2n) is 6.54. The van der Waals surface area contributed by atoms with Crippen LogP contribution in [0.2, 0.25) is 0 Å². The van der Waals surface area contributed by atoms with Gasteiger partial charge in [-0.1, -0.05) is 30.3 Å². The third-order valence-electron chi connectivity index (χ3n) is 4.76. The third kappa shape index (κ3) is 3.20. The molecule has 3 aromatic carbocycles. The van der Waals surface area contributed by atoms with Crippen LogP contribution in [0.15, 0.2) is 78.9 Å². The van der Waals surface area contributed by atoms with Gasteiger partial charge in [-0.2, -0.15) is 0 Å². The minimum Gasteiger partial charge on any atom is -0.508 e. The Hall–Kier alpha value is -3.67. The summed E-state index contributed by atoms with van der Waals surface area (Å²) in [5.74, 6) is -0.921. The Morgan fingerprint density at radius 2 is 1.57 bits per heavy atom. The molecule has 0 saturated carbocycles. The molecule has 1 aliphatic heterocycles. The zero-order valence-corrected chi connectivity index (χ0v) is 14.7. The lowest BCUT2D eigenvalue weighted by Crippen LogP contribution is -2.66. The Balaban J connectivity index is 1.65. The van der Waals surface area contributed by atoms with Gasteiger partial charge in [-0.3, -0.25) is 9.59 Å². The Morgan fingerprint density at radius 1 is 0.929 bits per heavy atom. The van der Waals surface area contributed by atoms with Crippen LogP contribution in [0.3, 0.4) is 0 Å². The summed E-state index contributed by atoms with van der Waals surface area (Å²) in [6, 6.07) is 19.5.